The lowest BCUT2D eigenvalue weighted by Gasteiger charge is -2.42. The zero-order valence-corrected chi connectivity index (χ0v) is 17.9. The minimum atomic E-state index is -1.05. The molecular formula is C22H20F3N7O. The molecule has 170 valence electrons. The molecule has 0 unspecified atom stereocenters. The molecule has 0 spiro atoms. The largest absolute Gasteiger partial charge is 0.327 e. The summed E-state index contributed by atoms with van der Waals surface area (Å²) in [7, 11) is 0. The van der Waals surface area contributed by atoms with Crippen molar-refractivity contribution in [3.63, 3.8) is 0 Å². The number of carbonyl (C=O) groups is 1. The van der Waals surface area contributed by atoms with Crippen molar-refractivity contribution in [3.05, 3.63) is 59.3 Å². The average Bonchev–Trinajstić information content (AvgIpc) is 3.16. The summed E-state index contributed by atoms with van der Waals surface area (Å²) in [5.41, 5.74) is 5.06. The third kappa shape index (κ3) is 3.78. The Labute approximate surface area is 187 Å². The van der Waals surface area contributed by atoms with Gasteiger partial charge in [-0.15, -0.1) is 0 Å². The van der Waals surface area contributed by atoms with Crippen molar-refractivity contribution >= 4 is 17.5 Å². The van der Waals surface area contributed by atoms with E-state index in [1.165, 1.54) is 12.1 Å². The first-order valence-electron chi connectivity index (χ1n) is 10.1. The molecule has 0 radical (unpaired) electrons. The van der Waals surface area contributed by atoms with Crippen LogP contribution in [0.4, 0.5) is 24.8 Å². The highest BCUT2D eigenvalue weighted by Crippen LogP contribution is 2.39. The number of nitrogens with one attached hydrogen (secondary N) is 1. The fourth-order valence-corrected chi connectivity index (χ4v) is 3.97. The summed E-state index contributed by atoms with van der Waals surface area (Å²) < 4.78 is 43.1. The SMILES string of the molecule is CC1(C)c2nc(-c3ccc(F)c(F)c3)c(Nc3cc(C#N)c(F)cn3)n2CCN1C(=O)CN. The highest BCUT2D eigenvalue weighted by molar-refractivity contribution is 5.80. The van der Waals surface area contributed by atoms with E-state index in [9.17, 15) is 18.0 Å². The fraction of sp³-hybridized carbons (Fsp3) is 0.273. The Balaban J connectivity index is 1.89. The van der Waals surface area contributed by atoms with E-state index in [1.54, 1.807) is 29.4 Å². The Morgan fingerprint density at radius 3 is 2.64 bits per heavy atom. The highest BCUT2D eigenvalue weighted by Gasteiger charge is 2.41. The molecule has 3 N–H and O–H groups in total. The number of nitrogens with zero attached hydrogens (tertiary/aromatic N) is 5. The smallest absolute Gasteiger partial charge is 0.237 e. The number of imidazole rings is 1. The number of hydrogen-bond acceptors (Lipinski definition) is 6. The van der Waals surface area contributed by atoms with Crippen molar-refractivity contribution in [1.29, 1.82) is 5.26 Å². The number of amides is 1. The molecule has 1 aromatic carbocycles. The fourth-order valence-electron chi connectivity index (χ4n) is 3.97. The van der Waals surface area contributed by atoms with Crippen LogP contribution >= 0.6 is 0 Å². The summed E-state index contributed by atoms with van der Waals surface area (Å²) in [6.45, 7) is 4.11. The molecule has 33 heavy (non-hydrogen) atoms. The number of carbonyl (C=O) groups excluding carboxylic acids is 1. The first-order valence-corrected chi connectivity index (χ1v) is 10.1. The van der Waals surface area contributed by atoms with Gasteiger partial charge in [-0.25, -0.2) is 23.1 Å². The predicted molar refractivity (Wildman–Crippen MR) is 114 cm³/mol. The van der Waals surface area contributed by atoms with Crippen molar-refractivity contribution in [2.75, 3.05) is 18.4 Å². The molecule has 0 bridgehead atoms. The van der Waals surface area contributed by atoms with Gasteiger partial charge in [-0.2, -0.15) is 5.26 Å². The van der Waals surface area contributed by atoms with Gasteiger partial charge in [-0.1, -0.05) is 0 Å². The van der Waals surface area contributed by atoms with Crippen molar-refractivity contribution in [2.45, 2.75) is 25.9 Å². The third-order valence-corrected chi connectivity index (χ3v) is 5.63. The van der Waals surface area contributed by atoms with Crippen LogP contribution in [-0.2, 0) is 16.9 Å². The van der Waals surface area contributed by atoms with Crippen molar-refractivity contribution in [1.82, 2.24) is 19.4 Å². The zero-order valence-electron chi connectivity index (χ0n) is 17.9. The Bertz CT molecular complexity index is 1300. The molecule has 4 rings (SSSR count). The second-order valence-corrected chi connectivity index (χ2v) is 8.01. The highest BCUT2D eigenvalue weighted by atomic mass is 19.2. The maximum Gasteiger partial charge on any atom is 0.237 e. The number of rotatable bonds is 4. The monoisotopic (exact) mass is 455 g/mol. The molecule has 8 nitrogen and oxygen atoms in total. The lowest BCUT2D eigenvalue weighted by molar-refractivity contribution is -0.137. The summed E-state index contributed by atoms with van der Waals surface area (Å²) in [5.74, 6) is -2.04. The molecule has 0 fully saturated rings. The van der Waals surface area contributed by atoms with E-state index >= 15 is 0 Å². The summed E-state index contributed by atoms with van der Waals surface area (Å²) in [6.07, 6.45) is 0.914. The Morgan fingerprint density at radius 1 is 1.21 bits per heavy atom. The van der Waals surface area contributed by atoms with Gasteiger partial charge in [0.1, 0.15) is 29.2 Å². The van der Waals surface area contributed by atoms with Crippen LogP contribution in [0.1, 0.15) is 25.2 Å². The van der Waals surface area contributed by atoms with E-state index in [1.807, 2.05) is 0 Å². The lowest BCUT2D eigenvalue weighted by atomic mass is 9.99. The van der Waals surface area contributed by atoms with Crippen LogP contribution in [0.2, 0.25) is 0 Å². The van der Waals surface area contributed by atoms with Gasteiger partial charge in [-0.05, 0) is 32.0 Å². The molecule has 1 amide bonds. The average molecular weight is 455 g/mol. The Kier molecular flexibility index (Phi) is 5.55. The topological polar surface area (TPSA) is 113 Å². The van der Waals surface area contributed by atoms with E-state index < -0.39 is 23.0 Å². The standard InChI is InChI=1S/C22H20F3N7O/c1-22(2)21-30-19(12-3-4-14(23)15(24)7-12)20(31(21)5-6-32(22)18(33)10-27)29-17-8-13(9-26)16(25)11-28-17/h3-4,7-8,11H,5-6,10,27H2,1-2H3,(H,28,29). The van der Waals surface area contributed by atoms with E-state index in [0.29, 0.717) is 24.7 Å². The summed E-state index contributed by atoms with van der Waals surface area (Å²) in [6, 6.07) is 6.38. The number of anilines is 2. The van der Waals surface area contributed by atoms with Crippen LogP contribution in [0.5, 0.6) is 0 Å². The van der Waals surface area contributed by atoms with E-state index in [2.05, 4.69) is 15.3 Å². The number of fused-ring (bicyclic) bond motifs is 1. The molecule has 0 aliphatic carbocycles. The van der Waals surface area contributed by atoms with Crippen LogP contribution in [0, 0.1) is 28.8 Å². The Hall–Kier alpha value is -3.91. The number of halogens is 3. The third-order valence-electron chi connectivity index (χ3n) is 5.63. The molecule has 1 aliphatic rings. The van der Waals surface area contributed by atoms with Crippen LogP contribution in [0.15, 0.2) is 30.5 Å². The van der Waals surface area contributed by atoms with Crippen molar-refractivity contribution < 1.29 is 18.0 Å². The Morgan fingerprint density at radius 2 is 1.97 bits per heavy atom. The zero-order chi connectivity index (χ0) is 23.9. The number of pyridine rings is 1. The minimum absolute atomic E-state index is 0.165. The minimum Gasteiger partial charge on any atom is -0.327 e. The van der Waals surface area contributed by atoms with Crippen LogP contribution < -0.4 is 11.1 Å². The predicted octanol–water partition coefficient (Wildman–Crippen LogP) is 3.01. The molecule has 0 saturated carbocycles. The number of benzene rings is 1. The van der Waals surface area contributed by atoms with Gasteiger partial charge in [0.25, 0.3) is 0 Å². The van der Waals surface area contributed by atoms with Crippen LogP contribution in [0.3, 0.4) is 0 Å². The van der Waals surface area contributed by atoms with Gasteiger partial charge in [-0.3, -0.25) is 4.79 Å². The first-order chi connectivity index (χ1) is 15.7. The molecule has 2 aromatic heterocycles. The van der Waals surface area contributed by atoms with Gasteiger partial charge in [0.2, 0.25) is 5.91 Å². The molecule has 3 aromatic rings. The number of nitriles is 1. The number of nitrogens with two attached hydrogens (primary N) is 1. The molecular weight excluding hydrogens is 435 g/mol. The molecule has 1 aliphatic heterocycles. The molecule has 3 heterocycles. The quantitative estimate of drug-likeness (QED) is 0.625. The second-order valence-electron chi connectivity index (χ2n) is 8.01. The van der Waals surface area contributed by atoms with Crippen molar-refractivity contribution in [3.8, 4) is 17.3 Å². The second kappa shape index (κ2) is 8.22. The normalized spacial score (nSPS) is 14.5. The lowest BCUT2D eigenvalue weighted by Crippen LogP contribution is -2.53. The van der Waals surface area contributed by atoms with Gasteiger partial charge in [0, 0.05) is 24.7 Å². The maximum atomic E-state index is 14.0. The molecule has 11 heteroatoms. The van der Waals surface area contributed by atoms with Gasteiger partial charge >= 0.3 is 0 Å². The van der Waals surface area contributed by atoms with Gasteiger partial charge < -0.3 is 20.5 Å². The first kappa shape index (κ1) is 22.3. The number of hydrogen-bond donors (Lipinski definition) is 2. The van der Waals surface area contributed by atoms with Crippen molar-refractivity contribution in [2.24, 2.45) is 5.73 Å². The van der Waals surface area contributed by atoms with E-state index in [4.69, 9.17) is 11.0 Å². The maximum absolute atomic E-state index is 14.0. The van der Waals surface area contributed by atoms with Gasteiger partial charge in [0.15, 0.2) is 17.5 Å². The van der Waals surface area contributed by atoms with E-state index in [-0.39, 0.29) is 35.1 Å². The van der Waals surface area contributed by atoms with Crippen LogP contribution in [0.25, 0.3) is 11.3 Å². The van der Waals surface area contributed by atoms with Crippen LogP contribution in [-0.4, -0.2) is 38.4 Å². The summed E-state index contributed by atoms with van der Waals surface area (Å²) >= 11 is 0. The van der Waals surface area contributed by atoms with E-state index in [0.717, 1.165) is 18.3 Å². The number of aromatic nitrogens is 3. The van der Waals surface area contributed by atoms with Gasteiger partial charge in [0.05, 0.1) is 23.8 Å². The molecule has 0 saturated heterocycles. The summed E-state index contributed by atoms with van der Waals surface area (Å²) in [4.78, 5) is 22.7. The molecule has 0 atom stereocenters. The summed E-state index contributed by atoms with van der Waals surface area (Å²) in [5, 5.41) is 12.2.